The Balaban J connectivity index is 2.04. The molecule has 1 aromatic carbocycles. The maximum Gasteiger partial charge on any atom is 0.313 e. The molecule has 0 atom stereocenters. The van der Waals surface area contributed by atoms with E-state index in [1.165, 1.54) is 6.07 Å². The molecule has 0 aliphatic carbocycles. The topological polar surface area (TPSA) is 94.6 Å². The maximum absolute atomic E-state index is 11.1. The average Bonchev–Trinajstić information content (AvgIpc) is 2.49. The Morgan fingerprint density at radius 1 is 1.48 bits per heavy atom. The monoisotopic (exact) mass is 404 g/mol. The highest BCUT2D eigenvalue weighted by Crippen LogP contribution is 2.33. The predicted molar refractivity (Wildman–Crippen MR) is 80.9 cm³/mol. The van der Waals surface area contributed by atoms with E-state index in [1.807, 2.05) is 28.7 Å². The zero-order valence-corrected chi connectivity index (χ0v) is 13.2. The van der Waals surface area contributed by atoms with E-state index >= 15 is 0 Å². The van der Waals surface area contributed by atoms with Gasteiger partial charge in [0.1, 0.15) is 0 Å². The molecular weight excluding hydrogens is 391 g/mol. The molecule has 1 fully saturated rings. The molecule has 112 valence electrons. The van der Waals surface area contributed by atoms with Crippen LogP contribution in [0.4, 0.5) is 5.69 Å². The van der Waals surface area contributed by atoms with Gasteiger partial charge in [-0.3, -0.25) is 10.1 Å². The van der Waals surface area contributed by atoms with E-state index in [0.717, 1.165) is 6.42 Å². The third-order valence-corrected chi connectivity index (χ3v) is 3.65. The molecule has 1 aliphatic rings. The van der Waals surface area contributed by atoms with Crippen LogP contribution in [0.1, 0.15) is 18.4 Å². The van der Waals surface area contributed by atoms with Crippen LogP contribution in [0.3, 0.4) is 0 Å². The van der Waals surface area contributed by atoms with Crippen LogP contribution in [0, 0.1) is 25.0 Å². The van der Waals surface area contributed by atoms with Crippen molar-refractivity contribution < 1.29 is 19.1 Å². The average molecular weight is 404 g/mol. The molecule has 0 unspecified atom stereocenters. The van der Waals surface area contributed by atoms with Crippen molar-refractivity contribution in [3.8, 4) is 11.8 Å². The van der Waals surface area contributed by atoms with E-state index in [4.69, 9.17) is 19.5 Å². The zero-order chi connectivity index (χ0) is 15.2. The van der Waals surface area contributed by atoms with Crippen LogP contribution in [-0.4, -0.2) is 31.0 Å². The summed E-state index contributed by atoms with van der Waals surface area (Å²) in [6.07, 6.45) is 1.04. The number of benzene rings is 1. The fraction of sp³-hybridized carbons (Fsp3) is 0.462. The molecule has 8 heteroatoms. The molecule has 0 amide bonds. The first-order chi connectivity index (χ1) is 10.1. The van der Waals surface area contributed by atoms with E-state index in [9.17, 15) is 10.1 Å². The maximum atomic E-state index is 11.1. The van der Waals surface area contributed by atoms with E-state index in [-0.39, 0.29) is 29.9 Å². The number of hydrogen-bond acceptors (Lipinski definition) is 6. The Morgan fingerprint density at radius 3 is 2.81 bits per heavy atom. The molecule has 1 saturated heterocycles. The van der Waals surface area contributed by atoms with Gasteiger partial charge in [0.05, 0.1) is 39.9 Å². The van der Waals surface area contributed by atoms with Gasteiger partial charge in [0.25, 0.3) is 0 Å². The lowest BCUT2D eigenvalue weighted by Gasteiger charge is -2.23. The van der Waals surface area contributed by atoms with Crippen LogP contribution >= 0.6 is 22.6 Å². The lowest BCUT2D eigenvalue weighted by atomic mass is 10.2. The standard InChI is InChI=1S/C13H13IN2O5/c14-10-6-9(8-15)7-11(16(17)18)13(10)21-5-2-12-19-3-1-4-20-12/h6-7,12H,1-5H2. The van der Waals surface area contributed by atoms with Crippen LogP contribution in [0.25, 0.3) is 0 Å². The highest BCUT2D eigenvalue weighted by atomic mass is 127. The number of halogens is 1. The van der Waals surface area contributed by atoms with Crippen molar-refractivity contribution in [1.82, 2.24) is 0 Å². The van der Waals surface area contributed by atoms with Gasteiger partial charge < -0.3 is 14.2 Å². The number of nitro benzene ring substituents is 1. The number of ether oxygens (including phenoxy) is 3. The van der Waals surface area contributed by atoms with Gasteiger partial charge in [0.2, 0.25) is 5.75 Å². The van der Waals surface area contributed by atoms with Crippen molar-refractivity contribution in [2.24, 2.45) is 0 Å². The minimum Gasteiger partial charge on any atom is -0.486 e. The number of nitro groups is 1. The lowest BCUT2D eigenvalue weighted by molar-refractivity contribution is -0.386. The van der Waals surface area contributed by atoms with Crippen molar-refractivity contribution in [2.75, 3.05) is 19.8 Å². The number of nitrogens with zero attached hydrogens (tertiary/aromatic N) is 2. The second-order valence-electron chi connectivity index (χ2n) is 4.34. The molecule has 1 heterocycles. The van der Waals surface area contributed by atoms with Crippen molar-refractivity contribution in [3.63, 3.8) is 0 Å². The third-order valence-electron chi connectivity index (χ3n) is 2.85. The van der Waals surface area contributed by atoms with Crippen molar-refractivity contribution in [1.29, 1.82) is 5.26 Å². The van der Waals surface area contributed by atoms with E-state index in [2.05, 4.69) is 0 Å². The summed E-state index contributed by atoms with van der Waals surface area (Å²) in [5.41, 5.74) is 0.0290. The van der Waals surface area contributed by atoms with Crippen molar-refractivity contribution in [2.45, 2.75) is 19.1 Å². The summed E-state index contributed by atoms with van der Waals surface area (Å²) in [6, 6.07) is 4.66. The van der Waals surface area contributed by atoms with Crippen LogP contribution in [0.2, 0.25) is 0 Å². The first-order valence-electron chi connectivity index (χ1n) is 6.36. The van der Waals surface area contributed by atoms with Gasteiger partial charge in [-0.2, -0.15) is 5.26 Å². The Labute approximate surface area is 135 Å². The quantitative estimate of drug-likeness (QED) is 0.426. The second-order valence-corrected chi connectivity index (χ2v) is 5.50. The van der Waals surface area contributed by atoms with Gasteiger partial charge in [-0.15, -0.1) is 0 Å². The number of rotatable bonds is 5. The van der Waals surface area contributed by atoms with Crippen molar-refractivity contribution >= 4 is 28.3 Å². The summed E-state index contributed by atoms with van der Waals surface area (Å²) in [5.74, 6) is 0.176. The zero-order valence-electron chi connectivity index (χ0n) is 11.1. The fourth-order valence-electron chi connectivity index (χ4n) is 1.88. The van der Waals surface area contributed by atoms with Crippen LogP contribution < -0.4 is 4.74 Å². The van der Waals surface area contributed by atoms with Crippen LogP contribution in [0.5, 0.6) is 5.75 Å². The van der Waals surface area contributed by atoms with E-state index < -0.39 is 4.92 Å². The normalized spacial score (nSPS) is 15.4. The summed E-state index contributed by atoms with van der Waals surface area (Å²) < 4.78 is 16.8. The Morgan fingerprint density at radius 2 is 2.19 bits per heavy atom. The summed E-state index contributed by atoms with van der Waals surface area (Å²) in [5, 5.41) is 19.9. The number of hydrogen-bond donors (Lipinski definition) is 0. The molecule has 0 aromatic heterocycles. The van der Waals surface area contributed by atoms with E-state index in [1.54, 1.807) is 6.07 Å². The molecule has 1 aromatic rings. The first-order valence-corrected chi connectivity index (χ1v) is 7.43. The molecule has 7 nitrogen and oxygen atoms in total. The molecule has 0 saturated carbocycles. The lowest BCUT2D eigenvalue weighted by Crippen LogP contribution is -2.26. The van der Waals surface area contributed by atoms with Crippen molar-refractivity contribution in [3.05, 3.63) is 31.4 Å². The van der Waals surface area contributed by atoms with Gasteiger partial charge in [0, 0.05) is 12.5 Å². The SMILES string of the molecule is N#Cc1cc(I)c(OCCC2OCCCO2)c([N+](=O)[O-])c1. The molecule has 2 rings (SSSR count). The largest absolute Gasteiger partial charge is 0.486 e. The summed E-state index contributed by atoms with van der Waals surface area (Å²) in [7, 11) is 0. The first kappa shape index (κ1) is 15.9. The second kappa shape index (κ2) is 7.53. The smallest absolute Gasteiger partial charge is 0.313 e. The van der Waals surface area contributed by atoms with Gasteiger partial charge >= 0.3 is 5.69 Å². The molecule has 21 heavy (non-hydrogen) atoms. The Hall–Kier alpha value is -1.44. The summed E-state index contributed by atoms with van der Waals surface area (Å²) >= 11 is 1.92. The Kier molecular flexibility index (Phi) is 5.72. The van der Waals surface area contributed by atoms with Gasteiger partial charge in [-0.1, -0.05) is 0 Å². The van der Waals surface area contributed by atoms with Crippen LogP contribution in [0.15, 0.2) is 12.1 Å². The molecular formula is C13H13IN2O5. The predicted octanol–water partition coefficient (Wildman–Crippen LogP) is 2.60. The molecule has 0 bridgehead atoms. The fourth-order valence-corrected chi connectivity index (χ4v) is 2.65. The molecule has 0 radical (unpaired) electrons. The van der Waals surface area contributed by atoms with E-state index in [0.29, 0.717) is 23.2 Å². The molecule has 0 spiro atoms. The Bertz CT molecular complexity index is 566. The molecule has 1 aliphatic heterocycles. The van der Waals surface area contributed by atoms with Gasteiger partial charge in [0.15, 0.2) is 6.29 Å². The van der Waals surface area contributed by atoms with Crippen LogP contribution in [-0.2, 0) is 9.47 Å². The molecule has 0 N–H and O–H groups in total. The highest BCUT2D eigenvalue weighted by Gasteiger charge is 2.21. The summed E-state index contributed by atoms with van der Waals surface area (Å²) in [4.78, 5) is 10.5. The third kappa shape index (κ3) is 4.26. The minimum absolute atomic E-state index is 0.176. The number of nitriles is 1. The summed E-state index contributed by atoms with van der Waals surface area (Å²) in [6.45, 7) is 1.55. The minimum atomic E-state index is -0.550. The van der Waals surface area contributed by atoms with Gasteiger partial charge in [-0.05, 0) is 35.1 Å². The highest BCUT2D eigenvalue weighted by molar-refractivity contribution is 14.1. The van der Waals surface area contributed by atoms with Gasteiger partial charge in [-0.25, -0.2) is 0 Å².